The number of carbonyl (C=O) groups excluding carboxylic acids is 2. The third-order valence-corrected chi connectivity index (χ3v) is 15.7. The average Bonchev–Trinajstić information content (AvgIpc) is 3.96. The summed E-state index contributed by atoms with van der Waals surface area (Å²) >= 11 is 9.36. The normalized spacial score (nSPS) is 15.3. The van der Waals surface area contributed by atoms with E-state index in [0.29, 0.717) is 11.1 Å². The number of fused-ring (bicyclic) bond motifs is 6. The van der Waals surface area contributed by atoms with Crippen LogP contribution in [-0.2, 0) is 9.59 Å². The molecule has 11 rings (SSSR count). The lowest BCUT2D eigenvalue weighted by molar-refractivity contribution is -0.106. The molecule has 0 bridgehead atoms. The Kier molecular flexibility index (Phi) is 7.22. The summed E-state index contributed by atoms with van der Waals surface area (Å²) < 4.78 is 0. The molecule has 0 aliphatic carbocycles. The molecule has 7 aromatic rings. The molecule has 4 aliphatic heterocycles. The SMILES string of the molecule is O=C1Sc2cc3c(cc2=C1c1ccc(N2c4ccccc4Sc4ccccc42)s1)SC(=O)C=3c1ccc(N2c3ccccc3Sc3ccccc32)s1. The van der Waals surface area contributed by atoms with E-state index in [1.165, 1.54) is 43.1 Å². The number of nitrogens with zero attached hydrogens (tertiary/aromatic N) is 2. The number of hydrogen-bond acceptors (Lipinski definition) is 10. The van der Waals surface area contributed by atoms with Crippen molar-refractivity contribution in [3.8, 4) is 0 Å². The van der Waals surface area contributed by atoms with Crippen LogP contribution in [0.25, 0.3) is 11.1 Å². The fourth-order valence-electron chi connectivity index (χ4n) is 7.16. The van der Waals surface area contributed by atoms with Crippen molar-refractivity contribution in [1.82, 2.24) is 0 Å². The van der Waals surface area contributed by atoms with Crippen molar-refractivity contribution < 1.29 is 9.59 Å². The number of rotatable bonds is 4. The summed E-state index contributed by atoms with van der Waals surface area (Å²) in [4.78, 5) is 40.6. The number of para-hydroxylation sites is 4. The maximum Gasteiger partial charge on any atom is 0.226 e. The van der Waals surface area contributed by atoms with E-state index in [1.54, 1.807) is 46.2 Å². The molecule has 4 aliphatic rings. The highest BCUT2D eigenvalue weighted by atomic mass is 32.2. The second-order valence-corrected chi connectivity index (χ2v) is 18.7. The predicted octanol–water partition coefficient (Wildman–Crippen LogP) is 11.3. The number of carbonyl (C=O) groups is 2. The van der Waals surface area contributed by atoms with Gasteiger partial charge >= 0.3 is 0 Å². The third kappa shape index (κ3) is 4.79. The summed E-state index contributed by atoms with van der Waals surface area (Å²) in [6.07, 6.45) is 0. The van der Waals surface area contributed by atoms with E-state index in [4.69, 9.17) is 0 Å². The van der Waals surface area contributed by atoms with E-state index >= 15 is 0 Å². The maximum atomic E-state index is 13.8. The Hall–Kier alpha value is -4.42. The van der Waals surface area contributed by atoms with Crippen molar-refractivity contribution in [2.24, 2.45) is 0 Å². The van der Waals surface area contributed by atoms with Crippen LogP contribution in [-0.4, -0.2) is 10.2 Å². The Morgan fingerprint density at radius 2 is 0.712 bits per heavy atom. The second-order valence-electron chi connectivity index (χ2n) is 12.4. The molecule has 0 amide bonds. The lowest BCUT2D eigenvalue weighted by atomic mass is 10.1. The van der Waals surface area contributed by atoms with Gasteiger partial charge in [0, 0.05) is 49.6 Å². The predicted molar refractivity (Wildman–Crippen MR) is 219 cm³/mol. The van der Waals surface area contributed by atoms with Gasteiger partial charge in [0.1, 0.15) is 10.0 Å². The van der Waals surface area contributed by atoms with Crippen LogP contribution in [0.4, 0.5) is 32.8 Å². The highest BCUT2D eigenvalue weighted by Gasteiger charge is 2.33. The van der Waals surface area contributed by atoms with Crippen molar-refractivity contribution in [2.45, 2.75) is 29.4 Å². The first-order chi connectivity index (χ1) is 25.6. The maximum absolute atomic E-state index is 13.8. The molecule has 0 spiro atoms. The Morgan fingerprint density at radius 1 is 0.365 bits per heavy atom. The van der Waals surface area contributed by atoms with Gasteiger partial charge in [0.25, 0.3) is 0 Å². The molecule has 0 N–H and O–H groups in total. The van der Waals surface area contributed by atoms with Gasteiger partial charge in [-0.15, -0.1) is 22.7 Å². The zero-order valence-corrected chi connectivity index (χ0v) is 31.8. The highest BCUT2D eigenvalue weighted by Crippen LogP contribution is 2.54. The van der Waals surface area contributed by atoms with Crippen LogP contribution in [0.3, 0.4) is 0 Å². The van der Waals surface area contributed by atoms with Gasteiger partial charge in [0.05, 0.1) is 33.9 Å². The molecule has 0 saturated heterocycles. The number of anilines is 6. The Bertz CT molecular complexity index is 2550. The first-order valence-electron chi connectivity index (χ1n) is 16.5. The van der Waals surface area contributed by atoms with Crippen molar-refractivity contribution in [3.05, 3.63) is 154 Å². The second kappa shape index (κ2) is 12.1. The molecule has 6 heterocycles. The summed E-state index contributed by atoms with van der Waals surface area (Å²) in [5, 5.41) is 4.01. The van der Waals surface area contributed by atoms with Crippen LogP contribution < -0.4 is 20.2 Å². The van der Waals surface area contributed by atoms with E-state index in [-0.39, 0.29) is 10.2 Å². The van der Waals surface area contributed by atoms with Crippen LogP contribution >= 0.6 is 69.7 Å². The molecule has 0 radical (unpaired) electrons. The minimum atomic E-state index is 0.0404. The van der Waals surface area contributed by atoms with Crippen molar-refractivity contribution in [2.75, 3.05) is 9.80 Å². The average molecular weight is 779 g/mol. The summed E-state index contributed by atoms with van der Waals surface area (Å²) in [6.45, 7) is 0. The third-order valence-electron chi connectivity index (χ3n) is 9.42. The van der Waals surface area contributed by atoms with Gasteiger partial charge in [0.15, 0.2) is 0 Å². The molecular formula is C42H22N2O2S6. The monoisotopic (exact) mass is 778 g/mol. The number of thioether (sulfide) groups is 2. The molecule has 248 valence electrons. The molecule has 5 aromatic carbocycles. The number of hydrogen-bond donors (Lipinski definition) is 0. The molecule has 2 aromatic heterocycles. The fourth-order valence-corrected chi connectivity index (χ4v) is 13.5. The summed E-state index contributed by atoms with van der Waals surface area (Å²) in [7, 11) is 0. The molecule has 0 unspecified atom stereocenters. The zero-order valence-electron chi connectivity index (χ0n) is 26.9. The molecule has 4 nitrogen and oxygen atoms in total. The first kappa shape index (κ1) is 31.1. The van der Waals surface area contributed by atoms with Gasteiger partial charge in [-0.3, -0.25) is 19.4 Å². The molecule has 0 fully saturated rings. The van der Waals surface area contributed by atoms with Gasteiger partial charge in [-0.2, -0.15) is 0 Å². The van der Waals surface area contributed by atoms with Gasteiger partial charge in [-0.05, 0) is 108 Å². The van der Waals surface area contributed by atoms with Gasteiger partial charge in [0.2, 0.25) is 10.2 Å². The van der Waals surface area contributed by atoms with E-state index in [2.05, 4.69) is 143 Å². The molecule has 52 heavy (non-hydrogen) atoms. The minimum Gasteiger partial charge on any atom is -0.300 e. The number of thiophene rings is 2. The Balaban J connectivity index is 1.00. The Morgan fingerprint density at radius 3 is 1.08 bits per heavy atom. The number of benzene rings is 5. The van der Waals surface area contributed by atoms with E-state index in [1.807, 2.05) is 0 Å². The fraction of sp³-hybridized carbons (Fsp3) is 0. The smallest absolute Gasteiger partial charge is 0.226 e. The first-order valence-corrected chi connectivity index (χ1v) is 21.4. The summed E-state index contributed by atoms with van der Waals surface area (Å²) in [6, 6.07) is 46.4. The van der Waals surface area contributed by atoms with Crippen LogP contribution in [0, 0.1) is 0 Å². The zero-order chi connectivity index (χ0) is 34.5. The summed E-state index contributed by atoms with van der Waals surface area (Å²) in [5.41, 5.74) is 5.98. The molecular weight excluding hydrogens is 757 g/mol. The van der Waals surface area contributed by atoms with Gasteiger partial charge < -0.3 is 0 Å². The van der Waals surface area contributed by atoms with E-state index in [9.17, 15) is 9.59 Å². The van der Waals surface area contributed by atoms with Crippen molar-refractivity contribution in [3.63, 3.8) is 0 Å². The Labute approximate surface area is 323 Å². The van der Waals surface area contributed by atoms with Crippen LogP contribution in [0.1, 0.15) is 9.75 Å². The van der Waals surface area contributed by atoms with E-state index in [0.717, 1.165) is 62.7 Å². The lowest BCUT2D eigenvalue weighted by Gasteiger charge is -2.31. The van der Waals surface area contributed by atoms with Crippen molar-refractivity contribution in [1.29, 1.82) is 0 Å². The molecule has 0 atom stereocenters. The standard InChI is InChI=1S/C42H22N2O2S6/c45-41-39(33-17-19-37(49-33)43-25-9-1-5-13-29(25)47-30-14-6-2-10-26(30)43)23-21-36-24(22-35(23)51-41)40(42(46)52-36)34-18-20-38(50-34)44-27-11-3-7-15-31(27)48-32-16-8-4-12-28(32)44/h1-22H. The molecule has 10 heteroatoms. The quantitative estimate of drug-likeness (QED) is 0.175. The van der Waals surface area contributed by atoms with Crippen LogP contribution in [0.2, 0.25) is 0 Å². The highest BCUT2D eigenvalue weighted by molar-refractivity contribution is 8.15. The minimum absolute atomic E-state index is 0.0404. The van der Waals surface area contributed by atoms with Crippen molar-refractivity contribution >= 4 is 124 Å². The lowest BCUT2D eigenvalue weighted by Crippen LogP contribution is -2.15. The van der Waals surface area contributed by atoms with Crippen LogP contribution in [0.5, 0.6) is 0 Å². The van der Waals surface area contributed by atoms with Gasteiger partial charge in [-0.1, -0.05) is 72.1 Å². The summed E-state index contributed by atoms with van der Waals surface area (Å²) in [5.74, 6) is 0. The topological polar surface area (TPSA) is 40.6 Å². The van der Waals surface area contributed by atoms with Gasteiger partial charge in [-0.25, -0.2) is 0 Å². The molecule has 0 saturated carbocycles. The largest absolute Gasteiger partial charge is 0.300 e. The van der Waals surface area contributed by atoms with Crippen LogP contribution in [0.15, 0.2) is 163 Å². The van der Waals surface area contributed by atoms with E-state index < -0.39 is 0 Å².